The van der Waals surface area contributed by atoms with Crippen molar-refractivity contribution in [2.24, 2.45) is 5.73 Å². The predicted octanol–water partition coefficient (Wildman–Crippen LogP) is 2.61. The van der Waals surface area contributed by atoms with Gasteiger partial charge in [0.05, 0.1) is 5.57 Å². The van der Waals surface area contributed by atoms with Crippen molar-refractivity contribution in [3.63, 3.8) is 0 Å². The number of hydrogen-bond acceptors (Lipinski definition) is 5. The SMILES string of the molecule is CC(CC1C(C#N)=C(N)Oc2ccccc21)=C(C#N)C#N. The maximum Gasteiger partial charge on any atom is 0.205 e. The Morgan fingerprint density at radius 2 is 1.90 bits per heavy atom. The van der Waals surface area contributed by atoms with Crippen LogP contribution in [0.4, 0.5) is 0 Å². The van der Waals surface area contributed by atoms with Gasteiger partial charge < -0.3 is 10.5 Å². The molecule has 5 heteroatoms. The average molecular weight is 276 g/mol. The first kappa shape index (κ1) is 14.2. The molecule has 0 amide bonds. The van der Waals surface area contributed by atoms with Crippen molar-refractivity contribution < 1.29 is 4.74 Å². The van der Waals surface area contributed by atoms with Crippen LogP contribution in [0.1, 0.15) is 24.8 Å². The molecule has 1 unspecified atom stereocenters. The third-order valence-electron chi connectivity index (χ3n) is 3.41. The maximum absolute atomic E-state index is 9.31. The van der Waals surface area contributed by atoms with E-state index in [1.165, 1.54) is 0 Å². The smallest absolute Gasteiger partial charge is 0.205 e. The first-order valence-electron chi connectivity index (χ1n) is 6.28. The molecular formula is C16H12N4O. The van der Waals surface area contributed by atoms with Crippen molar-refractivity contribution in [2.45, 2.75) is 19.3 Å². The van der Waals surface area contributed by atoms with Crippen LogP contribution in [0.3, 0.4) is 0 Å². The van der Waals surface area contributed by atoms with Gasteiger partial charge in [-0.2, -0.15) is 15.8 Å². The Labute approximate surface area is 122 Å². The molecule has 5 nitrogen and oxygen atoms in total. The molecule has 2 rings (SSSR count). The zero-order chi connectivity index (χ0) is 15.4. The van der Waals surface area contributed by atoms with Gasteiger partial charge in [0.25, 0.3) is 0 Å². The topological polar surface area (TPSA) is 107 Å². The van der Waals surface area contributed by atoms with Gasteiger partial charge in [0.15, 0.2) is 0 Å². The highest BCUT2D eigenvalue weighted by atomic mass is 16.5. The van der Waals surface area contributed by atoms with Gasteiger partial charge in [-0.05, 0) is 25.0 Å². The summed E-state index contributed by atoms with van der Waals surface area (Å²) in [5.74, 6) is 0.364. The Balaban J connectivity index is 2.51. The predicted molar refractivity (Wildman–Crippen MR) is 75.2 cm³/mol. The van der Waals surface area contributed by atoms with E-state index in [2.05, 4.69) is 6.07 Å². The van der Waals surface area contributed by atoms with Gasteiger partial charge in [-0.15, -0.1) is 0 Å². The lowest BCUT2D eigenvalue weighted by atomic mass is 9.84. The molecule has 1 aliphatic heterocycles. The van der Waals surface area contributed by atoms with E-state index in [4.69, 9.17) is 21.0 Å². The van der Waals surface area contributed by atoms with E-state index in [1.54, 1.807) is 13.0 Å². The number of nitrogens with zero attached hydrogens (tertiary/aromatic N) is 3. The van der Waals surface area contributed by atoms with E-state index < -0.39 is 0 Å². The van der Waals surface area contributed by atoms with E-state index in [0.29, 0.717) is 23.3 Å². The molecule has 0 bridgehead atoms. The van der Waals surface area contributed by atoms with Crippen LogP contribution in [0.2, 0.25) is 0 Å². The molecule has 1 atom stereocenters. The molecule has 0 fully saturated rings. The summed E-state index contributed by atoms with van der Waals surface area (Å²) in [5.41, 5.74) is 7.65. The summed E-state index contributed by atoms with van der Waals surface area (Å²) in [6, 6.07) is 13.1. The zero-order valence-electron chi connectivity index (χ0n) is 11.4. The normalized spacial score (nSPS) is 15.8. The molecule has 2 N–H and O–H groups in total. The van der Waals surface area contributed by atoms with Gasteiger partial charge in [-0.1, -0.05) is 18.2 Å². The molecule has 1 aromatic carbocycles. The summed E-state index contributed by atoms with van der Waals surface area (Å²) in [5, 5.41) is 27.2. The van der Waals surface area contributed by atoms with Gasteiger partial charge in [-0.25, -0.2) is 0 Å². The molecule has 1 aliphatic rings. The highest BCUT2D eigenvalue weighted by molar-refractivity contribution is 5.51. The number of fused-ring (bicyclic) bond motifs is 1. The van der Waals surface area contributed by atoms with Gasteiger partial charge in [0, 0.05) is 11.5 Å². The number of para-hydroxylation sites is 1. The molecule has 1 heterocycles. The van der Waals surface area contributed by atoms with Crippen molar-refractivity contribution in [1.82, 2.24) is 0 Å². The lowest BCUT2D eigenvalue weighted by Gasteiger charge is -2.26. The van der Waals surface area contributed by atoms with Crippen LogP contribution in [0.25, 0.3) is 0 Å². The Hall–Kier alpha value is -3.23. The molecule has 0 aromatic heterocycles. The second-order valence-electron chi connectivity index (χ2n) is 4.67. The number of allylic oxidation sites excluding steroid dienone is 3. The minimum atomic E-state index is -0.309. The zero-order valence-corrected chi connectivity index (χ0v) is 11.4. The first-order valence-corrected chi connectivity index (χ1v) is 6.28. The van der Waals surface area contributed by atoms with Crippen molar-refractivity contribution in [3.8, 4) is 24.0 Å². The molecular weight excluding hydrogens is 264 g/mol. The molecule has 1 aromatic rings. The van der Waals surface area contributed by atoms with Crippen LogP contribution in [0.15, 0.2) is 46.9 Å². The molecule has 21 heavy (non-hydrogen) atoms. The monoisotopic (exact) mass is 276 g/mol. The van der Waals surface area contributed by atoms with Crippen LogP contribution in [0, 0.1) is 34.0 Å². The van der Waals surface area contributed by atoms with E-state index in [0.717, 1.165) is 5.56 Å². The molecule has 0 spiro atoms. The van der Waals surface area contributed by atoms with E-state index in [1.807, 2.05) is 30.3 Å². The van der Waals surface area contributed by atoms with Crippen LogP contribution < -0.4 is 10.5 Å². The van der Waals surface area contributed by atoms with Crippen molar-refractivity contribution in [2.75, 3.05) is 0 Å². The van der Waals surface area contributed by atoms with Crippen molar-refractivity contribution in [3.05, 3.63) is 52.4 Å². The Bertz CT molecular complexity index is 753. The standard InChI is InChI=1S/C16H12N4O/c1-10(11(7-17)8-18)6-13-12-4-2-3-5-15(12)21-16(20)14(13)9-19/h2-5,13H,6,20H2,1H3. The summed E-state index contributed by atoms with van der Waals surface area (Å²) in [4.78, 5) is 0. The second-order valence-corrected chi connectivity index (χ2v) is 4.67. The van der Waals surface area contributed by atoms with Gasteiger partial charge in [-0.3, -0.25) is 0 Å². The van der Waals surface area contributed by atoms with Gasteiger partial charge in [0.1, 0.15) is 29.5 Å². The summed E-state index contributed by atoms with van der Waals surface area (Å²) < 4.78 is 5.45. The van der Waals surface area contributed by atoms with E-state index >= 15 is 0 Å². The Morgan fingerprint density at radius 3 is 2.52 bits per heavy atom. The van der Waals surface area contributed by atoms with E-state index in [9.17, 15) is 5.26 Å². The van der Waals surface area contributed by atoms with Crippen LogP contribution in [-0.4, -0.2) is 0 Å². The second kappa shape index (κ2) is 5.82. The number of hydrogen-bond donors (Lipinski definition) is 1. The number of ether oxygens (including phenoxy) is 1. The fourth-order valence-electron chi connectivity index (χ4n) is 2.33. The molecule has 0 radical (unpaired) electrons. The first-order chi connectivity index (χ1) is 10.1. The number of nitrogens with two attached hydrogens (primary N) is 1. The Kier molecular flexibility index (Phi) is 3.93. The Morgan fingerprint density at radius 1 is 1.24 bits per heavy atom. The minimum absolute atomic E-state index is 0.0647. The third-order valence-corrected chi connectivity index (χ3v) is 3.41. The molecule has 102 valence electrons. The van der Waals surface area contributed by atoms with Gasteiger partial charge in [0.2, 0.25) is 5.88 Å². The van der Waals surface area contributed by atoms with Crippen molar-refractivity contribution >= 4 is 0 Å². The molecule has 0 saturated heterocycles. The maximum atomic E-state index is 9.31. The van der Waals surface area contributed by atoms with Crippen LogP contribution in [-0.2, 0) is 0 Å². The van der Waals surface area contributed by atoms with E-state index in [-0.39, 0.29) is 17.4 Å². The van der Waals surface area contributed by atoms with Crippen LogP contribution >= 0.6 is 0 Å². The van der Waals surface area contributed by atoms with Crippen molar-refractivity contribution in [1.29, 1.82) is 15.8 Å². The average Bonchev–Trinajstić information content (AvgIpc) is 2.48. The third kappa shape index (κ3) is 2.56. The van der Waals surface area contributed by atoms with Gasteiger partial charge >= 0.3 is 0 Å². The van der Waals surface area contributed by atoms with Crippen LogP contribution in [0.5, 0.6) is 5.75 Å². The molecule has 0 aliphatic carbocycles. The lowest BCUT2D eigenvalue weighted by molar-refractivity contribution is 0.388. The fraction of sp³-hybridized carbons (Fsp3) is 0.188. The lowest BCUT2D eigenvalue weighted by Crippen LogP contribution is -2.20. The highest BCUT2D eigenvalue weighted by Crippen LogP contribution is 2.41. The molecule has 0 saturated carbocycles. The quantitative estimate of drug-likeness (QED) is 0.835. The summed E-state index contributed by atoms with van der Waals surface area (Å²) in [7, 11) is 0. The summed E-state index contributed by atoms with van der Waals surface area (Å²) >= 11 is 0. The highest BCUT2D eigenvalue weighted by Gasteiger charge is 2.29. The largest absolute Gasteiger partial charge is 0.440 e. The minimum Gasteiger partial charge on any atom is -0.440 e. The number of benzene rings is 1. The fourth-order valence-corrected chi connectivity index (χ4v) is 2.33. The summed E-state index contributed by atoms with van der Waals surface area (Å²) in [6.45, 7) is 1.71. The number of nitriles is 3. The summed E-state index contributed by atoms with van der Waals surface area (Å²) in [6.07, 6.45) is 0.375. The number of rotatable bonds is 2.